The Bertz CT molecular complexity index is 6310. The number of benzene rings is 4. The minimum Gasteiger partial charge on any atom is -0.444 e. The van der Waals surface area contributed by atoms with Crippen molar-refractivity contribution < 1.29 is 84.6 Å². The van der Waals surface area contributed by atoms with Gasteiger partial charge >= 0.3 is 42.1 Å². The number of anilines is 1. The van der Waals surface area contributed by atoms with Crippen LogP contribution in [0.3, 0.4) is 0 Å². The molecular weight excluding hydrogens is 1860 g/mol. The quantitative estimate of drug-likeness (QED) is 0.0390. The number of fused-ring (bicyclic) bond motifs is 4. The number of carbonyl (C=O) groups excluding carboxylic acids is 6. The summed E-state index contributed by atoms with van der Waals surface area (Å²) in [5, 5.41) is 30.8. The molecule has 0 spiro atoms. The number of pyridine rings is 6. The number of para-hydroxylation sites is 2. The fraction of sp³-hybridized carbons (Fsp3) is 0.346. The first-order chi connectivity index (χ1) is 67.6. The molecule has 32 nitrogen and oxygen atoms in total. The van der Waals surface area contributed by atoms with Crippen LogP contribution in [-0.4, -0.2) is 225 Å². The van der Waals surface area contributed by atoms with Crippen LogP contribution < -0.4 is 14.4 Å². The fourth-order valence-electron chi connectivity index (χ4n) is 15.8. The minimum atomic E-state index is -4.82. The number of carbonyl (C=O) groups is 6. The first-order valence-electron chi connectivity index (χ1n) is 45.8. The van der Waals surface area contributed by atoms with Crippen molar-refractivity contribution in [2.75, 3.05) is 92.6 Å². The third-order valence-corrected chi connectivity index (χ3v) is 23.7. The monoisotopic (exact) mass is 1970 g/mol. The molecule has 0 bridgehead atoms. The zero-order valence-corrected chi connectivity index (χ0v) is 81.8. The summed E-state index contributed by atoms with van der Waals surface area (Å²) in [5.74, 6) is -3.35. The molecule has 8 aliphatic heterocycles. The van der Waals surface area contributed by atoms with Crippen LogP contribution in [0.25, 0.3) is 39.2 Å². The molecule has 142 heavy (non-hydrogen) atoms. The SMILES string of the molecule is CC(C)(C)OC(=O)N1Cc2cnc(Cl)cc2C1.CC1=CCN(C)CC1.CN1CC=C(c2cc3c(cn2)CN(C(=O)C(F)(F)F)C3)CC1.CN1CC=C(c2cc3c(cn2)CN(C(=O)Cc2nc(-c4ccc(F)cc4)ccc2[N+](=O)[O-])C3)CC1.CN1CC=C(c2cc3c(cn2)CN(C(=O)OC(C)(C)C)C3)CC1.CO.O=C(Oc1ccccc1)N(C(=O)Oc1ccccc1)c1nc(-c2ccc(F)cc2)ccc1[N+](=O)[O-]. The number of likely N-dealkylation sites (N-methyl/N-ethyl adjacent to an activating group) is 4. The van der Waals surface area contributed by atoms with E-state index in [4.69, 9.17) is 35.7 Å². The third kappa shape index (κ3) is 29.8. The highest BCUT2D eigenvalue weighted by Crippen LogP contribution is 2.38. The Hall–Kier alpha value is -14.5. The molecule has 6 aromatic heterocycles. The number of aromatic nitrogens is 6. The Kier molecular flexibility index (Phi) is 36.0. The minimum absolute atomic E-state index is 0.00359. The molecule has 4 aromatic carbocycles. The summed E-state index contributed by atoms with van der Waals surface area (Å²) in [7, 11) is 9.40. The molecule has 0 saturated heterocycles. The molecule has 0 fully saturated rings. The first-order valence-corrected chi connectivity index (χ1v) is 46.2. The number of aliphatic hydroxyl groups is 1. The van der Waals surface area contributed by atoms with Crippen LogP contribution in [0.4, 0.5) is 58.3 Å². The molecule has 0 atom stereocenters. The highest BCUT2D eigenvalue weighted by molar-refractivity contribution is 6.29. The van der Waals surface area contributed by atoms with E-state index in [0.717, 1.165) is 139 Å². The number of rotatable bonds is 12. The van der Waals surface area contributed by atoms with Gasteiger partial charge in [0.15, 0.2) is 0 Å². The van der Waals surface area contributed by atoms with Crippen LogP contribution in [0.2, 0.25) is 5.15 Å². The number of alkyl halides is 3. The second-order valence-corrected chi connectivity index (χ2v) is 37.2. The molecule has 0 aliphatic carbocycles. The molecule has 18 rings (SSSR count). The highest BCUT2D eigenvalue weighted by atomic mass is 35.5. The molecule has 8 aliphatic rings. The van der Waals surface area contributed by atoms with E-state index in [1.165, 1.54) is 109 Å². The average molecular weight is 1970 g/mol. The lowest BCUT2D eigenvalue weighted by molar-refractivity contribution is -0.385. The summed E-state index contributed by atoms with van der Waals surface area (Å²) >= 11 is 5.81. The van der Waals surface area contributed by atoms with Crippen molar-refractivity contribution in [3.8, 4) is 34.0 Å². The average Bonchev–Trinajstić information content (AvgIpc) is 1.45. The van der Waals surface area contributed by atoms with Crippen molar-refractivity contribution in [1.82, 2.24) is 69.1 Å². The van der Waals surface area contributed by atoms with Gasteiger partial charge in [0.25, 0.3) is 5.69 Å². The van der Waals surface area contributed by atoms with Crippen molar-refractivity contribution in [3.05, 3.63) is 317 Å². The smallest absolute Gasteiger partial charge is 0.444 e. The van der Waals surface area contributed by atoms with Crippen LogP contribution in [-0.2, 0) is 77.8 Å². The lowest BCUT2D eigenvalue weighted by atomic mass is 10.0. The molecule has 14 heterocycles. The van der Waals surface area contributed by atoms with E-state index in [0.29, 0.717) is 71.7 Å². The van der Waals surface area contributed by atoms with Gasteiger partial charge < -0.3 is 53.5 Å². The van der Waals surface area contributed by atoms with Gasteiger partial charge in [-0.2, -0.15) is 18.1 Å². The Morgan fingerprint density at radius 3 is 1.16 bits per heavy atom. The third-order valence-electron chi connectivity index (χ3n) is 23.5. The van der Waals surface area contributed by atoms with Crippen LogP contribution >= 0.6 is 11.6 Å². The van der Waals surface area contributed by atoms with Gasteiger partial charge in [-0.15, -0.1) is 0 Å². The van der Waals surface area contributed by atoms with Crippen LogP contribution in [0.15, 0.2) is 212 Å². The van der Waals surface area contributed by atoms with E-state index in [-0.39, 0.29) is 72.0 Å². The molecule has 10 aromatic rings. The number of hydrogen-bond donors (Lipinski definition) is 1. The molecule has 746 valence electrons. The second-order valence-electron chi connectivity index (χ2n) is 36.8. The van der Waals surface area contributed by atoms with Crippen molar-refractivity contribution in [2.45, 2.75) is 150 Å². The largest absolute Gasteiger partial charge is 0.471 e. The first kappa shape index (κ1) is 106. The van der Waals surface area contributed by atoms with Gasteiger partial charge in [0.2, 0.25) is 11.7 Å². The molecule has 0 unspecified atom stereocenters. The van der Waals surface area contributed by atoms with E-state index < -0.39 is 62.6 Å². The maximum absolute atomic E-state index is 13.4. The number of ether oxygens (including phenoxy) is 4. The fourth-order valence-corrected chi connectivity index (χ4v) is 16.0. The van der Waals surface area contributed by atoms with Crippen LogP contribution in [0.1, 0.15) is 141 Å². The predicted octanol–water partition coefficient (Wildman–Crippen LogP) is 19.1. The van der Waals surface area contributed by atoms with E-state index in [1.807, 2.05) is 67.1 Å². The molecule has 0 saturated carbocycles. The predicted molar refractivity (Wildman–Crippen MR) is 525 cm³/mol. The Morgan fingerprint density at radius 2 is 0.789 bits per heavy atom. The summed E-state index contributed by atoms with van der Waals surface area (Å²) in [5.41, 5.74) is 15.7. The van der Waals surface area contributed by atoms with E-state index >= 15 is 0 Å². The second kappa shape index (κ2) is 48.1. The van der Waals surface area contributed by atoms with Crippen LogP contribution in [0.5, 0.6) is 11.5 Å². The number of amides is 6. The van der Waals surface area contributed by atoms with Gasteiger partial charge in [-0.05, 0) is 273 Å². The number of halogens is 6. The van der Waals surface area contributed by atoms with Gasteiger partial charge in [-0.3, -0.25) is 54.6 Å². The molecular formula is C104H113ClF5N17O15. The zero-order chi connectivity index (χ0) is 102. The number of nitro groups is 2. The van der Waals surface area contributed by atoms with Gasteiger partial charge in [-0.25, -0.2) is 42.9 Å². The van der Waals surface area contributed by atoms with E-state index in [9.17, 15) is 70.9 Å². The summed E-state index contributed by atoms with van der Waals surface area (Å²) in [4.78, 5) is 138. The van der Waals surface area contributed by atoms with Crippen molar-refractivity contribution in [2.24, 2.45) is 0 Å². The maximum atomic E-state index is 13.4. The van der Waals surface area contributed by atoms with E-state index in [1.54, 1.807) is 87.3 Å². The summed E-state index contributed by atoms with van der Waals surface area (Å²) in [6, 6.07) is 39.6. The lowest BCUT2D eigenvalue weighted by Gasteiger charge is -2.24. The van der Waals surface area contributed by atoms with Crippen molar-refractivity contribution in [3.63, 3.8) is 0 Å². The van der Waals surface area contributed by atoms with Gasteiger partial charge in [0, 0.05) is 147 Å². The summed E-state index contributed by atoms with van der Waals surface area (Å²) in [6.45, 7) is 24.6. The van der Waals surface area contributed by atoms with Gasteiger partial charge in [0.1, 0.15) is 45.2 Å². The maximum Gasteiger partial charge on any atom is 0.471 e. The lowest BCUT2D eigenvalue weighted by Crippen LogP contribution is -2.42. The van der Waals surface area contributed by atoms with Gasteiger partial charge in [-0.1, -0.05) is 77.9 Å². The van der Waals surface area contributed by atoms with E-state index in [2.05, 4.69) is 114 Å². The summed E-state index contributed by atoms with van der Waals surface area (Å²) < 4.78 is 85.5. The molecule has 38 heteroatoms. The zero-order valence-electron chi connectivity index (χ0n) is 81.0. The number of hydrogen-bond acceptors (Lipinski definition) is 25. The van der Waals surface area contributed by atoms with Crippen molar-refractivity contribution >= 4 is 81.7 Å². The molecule has 6 amide bonds. The number of aliphatic hydroxyl groups excluding tert-OH is 1. The molecule has 0 radical (unpaired) electrons. The van der Waals surface area contributed by atoms with Crippen molar-refractivity contribution in [1.29, 1.82) is 0 Å². The topological polar surface area (TPSA) is 352 Å². The Balaban J connectivity index is 0.000000158. The Morgan fingerprint density at radius 1 is 0.437 bits per heavy atom. The standard InChI is InChI=1S/C26H24FN5O3.C25H16FN3O6.C18H25N3O2.C15H16F3N3O.C12H15ClN2O2.C7H13N.CH4O/c1-30-10-8-18(9-11-30)23-12-19-15-31(16-20(19)14-28-23)26(33)13-24-25(32(34)35)7-6-22(29-24)17-2-4-21(27)5-3-17;26-18-13-11-17(12-14-18)21-15-16-22(29(32)33)23(27-21)28(24(30)34-19-7-3-1-4-8-19)25(31)35-20-9-5-2-6-10-20;1-18(2,3)23-17(22)21-11-14-9-16(19-10-15(14)12-21)13-5-7-20(4)8-6-13;1-20-4-2-10(3-5-20)13-6-11-8-21(9-12(11)7-19-13)14(22)15(16,17)18;1-12(2,3)17-11(16)15-6-8-4-10(13)14-5-9(8)7-15;1-7-3-5-8(2)6-4-7;1-2/h2-8,12,14H,9-11,13,15-16H2,1H3;1-16H;5,9-10H,6-8,11-12H2,1-4H3;2,6-7H,3-5,8-9H2,1H3;4-5H,6-7H2,1-3H3;3H,4-6H2,1-2H3;2H,1H3. The summed E-state index contributed by atoms with van der Waals surface area (Å²) in [6.07, 6.45) is 11.8. The highest BCUT2D eigenvalue weighted by Gasteiger charge is 2.45. The molecule has 1 N–H and O–H groups in total. The normalized spacial score (nSPS) is 15.5. The number of imide groups is 1. The number of nitrogens with zero attached hydrogens (tertiary/aromatic N) is 17. The Labute approximate surface area is 824 Å². The van der Waals surface area contributed by atoms with Gasteiger partial charge in [0.05, 0.1) is 57.8 Å². The van der Waals surface area contributed by atoms with Crippen LogP contribution in [0, 0.1) is 31.9 Å².